The summed E-state index contributed by atoms with van der Waals surface area (Å²) >= 11 is 0. The molecule has 0 bridgehead atoms. The van der Waals surface area contributed by atoms with Crippen LogP contribution in [0, 0.1) is 5.82 Å². The minimum absolute atomic E-state index is 0.00939. The van der Waals surface area contributed by atoms with Gasteiger partial charge in [-0.3, -0.25) is 4.79 Å². The highest BCUT2D eigenvalue weighted by Gasteiger charge is 2.29. The first-order valence-corrected chi connectivity index (χ1v) is 13.4. The SMILES string of the molecule is O=C(CCc1nc(N2CCCCC2)c2c(-c3ccc(F)cc3)noc2n1)N[C@@H]1CCS(=O)(=O)C1. The number of anilines is 1. The minimum atomic E-state index is -3.06. The molecule has 0 unspecified atom stereocenters. The molecule has 2 fully saturated rings. The number of hydrogen-bond acceptors (Lipinski definition) is 8. The number of aromatic nitrogens is 3. The lowest BCUT2D eigenvalue weighted by Crippen LogP contribution is -2.35. The number of hydrogen-bond donors (Lipinski definition) is 1. The van der Waals surface area contributed by atoms with E-state index in [2.05, 4.69) is 20.4 Å². The van der Waals surface area contributed by atoms with Gasteiger partial charge in [0.2, 0.25) is 5.91 Å². The standard InChI is InChI=1S/C23H26FN5O4S/c24-16-6-4-15(5-7-16)21-20-22(29-11-2-1-3-12-29)26-18(27-23(20)33-28-21)8-9-19(30)25-17-10-13-34(31,32)14-17/h4-7,17H,1-3,8-14H2,(H,25,30)/t17-/m1/s1. The quantitative estimate of drug-likeness (QED) is 0.564. The summed E-state index contributed by atoms with van der Waals surface area (Å²) in [7, 11) is -3.06. The Bertz CT molecular complexity index is 1300. The number of piperidine rings is 1. The fraction of sp³-hybridized carbons (Fsp3) is 0.478. The molecule has 11 heteroatoms. The van der Waals surface area contributed by atoms with E-state index in [4.69, 9.17) is 9.51 Å². The summed E-state index contributed by atoms with van der Waals surface area (Å²) in [6.45, 7) is 1.69. The molecular formula is C23H26FN5O4S. The van der Waals surface area contributed by atoms with E-state index in [1.54, 1.807) is 12.1 Å². The van der Waals surface area contributed by atoms with Gasteiger partial charge in [0.25, 0.3) is 5.71 Å². The number of amides is 1. The number of halogens is 1. The first-order valence-electron chi connectivity index (χ1n) is 11.5. The van der Waals surface area contributed by atoms with Gasteiger partial charge in [0.05, 0.1) is 11.5 Å². The maximum atomic E-state index is 13.4. The van der Waals surface area contributed by atoms with Crippen LogP contribution in [0.4, 0.5) is 10.2 Å². The summed E-state index contributed by atoms with van der Waals surface area (Å²) < 4.78 is 42.2. The van der Waals surface area contributed by atoms with Crippen molar-refractivity contribution in [2.24, 2.45) is 0 Å². The molecule has 0 radical (unpaired) electrons. The van der Waals surface area contributed by atoms with E-state index in [1.807, 2.05) is 0 Å². The van der Waals surface area contributed by atoms with Crippen molar-refractivity contribution in [1.82, 2.24) is 20.4 Å². The van der Waals surface area contributed by atoms with E-state index < -0.39 is 9.84 Å². The Morgan fingerprint density at radius 1 is 1.15 bits per heavy atom. The maximum Gasteiger partial charge on any atom is 0.263 e. The molecule has 1 N–H and O–H groups in total. The largest absolute Gasteiger partial charge is 0.356 e. The first-order chi connectivity index (χ1) is 16.4. The molecular weight excluding hydrogens is 461 g/mol. The molecule has 0 saturated carbocycles. The molecule has 0 spiro atoms. The topological polar surface area (TPSA) is 118 Å². The second kappa shape index (κ2) is 9.28. The lowest BCUT2D eigenvalue weighted by Gasteiger charge is -2.28. The highest BCUT2D eigenvalue weighted by molar-refractivity contribution is 7.91. The number of rotatable bonds is 6. The van der Waals surface area contributed by atoms with E-state index in [0.717, 1.165) is 32.4 Å². The third-order valence-corrected chi connectivity index (χ3v) is 8.08. The molecule has 2 aliphatic rings. The fourth-order valence-electron chi connectivity index (χ4n) is 4.56. The fourth-order valence-corrected chi connectivity index (χ4v) is 6.24. The van der Waals surface area contributed by atoms with Gasteiger partial charge in [-0.25, -0.2) is 17.8 Å². The van der Waals surface area contributed by atoms with Crippen LogP contribution in [0.25, 0.3) is 22.4 Å². The van der Waals surface area contributed by atoms with E-state index >= 15 is 0 Å². The van der Waals surface area contributed by atoms with Gasteiger partial charge < -0.3 is 14.7 Å². The van der Waals surface area contributed by atoms with Gasteiger partial charge in [-0.05, 0) is 49.9 Å². The zero-order valence-electron chi connectivity index (χ0n) is 18.7. The van der Waals surface area contributed by atoms with Crippen molar-refractivity contribution in [2.45, 2.75) is 44.6 Å². The van der Waals surface area contributed by atoms with Crippen LogP contribution in [0.15, 0.2) is 28.8 Å². The van der Waals surface area contributed by atoms with Crippen LogP contribution >= 0.6 is 0 Å². The minimum Gasteiger partial charge on any atom is -0.356 e. The van der Waals surface area contributed by atoms with E-state index in [9.17, 15) is 17.6 Å². The number of fused-ring (bicyclic) bond motifs is 1. The Labute approximate surface area is 196 Å². The number of nitrogens with one attached hydrogen (secondary N) is 1. The predicted molar refractivity (Wildman–Crippen MR) is 125 cm³/mol. The van der Waals surface area contributed by atoms with Gasteiger partial charge in [0.1, 0.15) is 28.5 Å². The summed E-state index contributed by atoms with van der Waals surface area (Å²) in [6, 6.07) is 5.71. The lowest BCUT2D eigenvalue weighted by molar-refractivity contribution is -0.121. The predicted octanol–water partition coefficient (Wildman–Crippen LogP) is 2.65. The van der Waals surface area contributed by atoms with Gasteiger partial charge in [0, 0.05) is 37.5 Å². The smallest absolute Gasteiger partial charge is 0.263 e. The van der Waals surface area contributed by atoms with Gasteiger partial charge in [-0.2, -0.15) is 4.98 Å². The van der Waals surface area contributed by atoms with Crippen molar-refractivity contribution in [3.05, 3.63) is 35.9 Å². The Kier molecular flexibility index (Phi) is 6.20. The second-order valence-electron chi connectivity index (χ2n) is 8.90. The molecule has 9 nitrogen and oxygen atoms in total. The van der Waals surface area contributed by atoms with Crippen LogP contribution in [0.5, 0.6) is 0 Å². The Morgan fingerprint density at radius 3 is 2.62 bits per heavy atom. The Morgan fingerprint density at radius 2 is 1.91 bits per heavy atom. The van der Waals surface area contributed by atoms with Crippen LogP contribution in [-0.4, -0.2) is 60.1 Å². The number of sulfone groups is 1. The number of carbonyl (C=O) groups excluding carboxylic acids is 1. The van der Waals surface area contributed by atoms with Gasteiger partial charge >= 0.3 is 0 Å². The average Bonchev–Trinajstić information content (AvgIpc) is 3.41. The lowest BCUT2D eigenvalue weighted by atomic mass is 10.1. The highest BCUT2D eigenvalue weighted by atomic mass is 32.2. The van der Waals surface area contributed by atoms with Gasteiger partial charge in [-0.1, -0.05) is 5.16 Å². The van der Waals surface area contributed by atoms with Crippen molar-refractivity contribution in [3.8, 4) is 11.3 Å². The van der Waals surface area contributed by atoms with Crippen molar-refractivity contribution in [1.29, 1.82) is 0 Å². The number of aryl methyl sites for hydroxylation is 1. The summed E-state index contributed by atoms with van der Waals surface area (Å²) in [5, 5.41) is 7.68. The third-order valence-electron chi connectivity index (χ3n) is 6.31. The normalized spacial score (nSPS) is 20.0. The van der Waals surface area contributed by atoms with Crippen molar-refractivity contribution in [2.75, 3.05) is 29.5 Å². The molecule has 2 aromatic heterocycles. The monoisotopic (exact) mass is 487 g/mol. The number of benzene rings is 1. The zero-order valence-corrected chi connectivity index (χ0v) is 19.5. The van der Waals surface area contributed by atoms with E-state index in [1.165, 1.54) is 12.1 Å². The molecule has 3 aromatic rings. The summed E-state index contributed by atoms with van der Waals surface area (Å²) in [5.41, 5.74) is 1.59. The summed E-state index contributed by atoms with van der Waals surface area (Å²) in [6.07, 6.45) is 4.12. The maximum absolute atomic E-state index is 13.4. The molecule has 2 saturated heterocycles. The van der Waals surface area contributed by atoms with Crippen molar-refractivity contribution < 1.29 is 22.1 Å². The molecule has 4 heterocycles. The summed E-state index contributed by atoms with van der Waals surface area (Å²) in [5.74, 6) is 0.713. The number of carbonyl (C=O) groups is 1. The average molecular weight is 488 g/mol. The Hall–Kier alpha value is -3.08. The molecule has 2 aliphatic heterocycles. The summed E-state index contributed by atoms with van der Waals surface area (Å²) in [4.78, 5) is 23.9. The van der Waals surface area contributed by atoms with Crippen LogP contribution in [-0.2, 0) is 21.1 Å². The zero-order chi connectivity index (χ0) is 23.7. The molecule has 1 aromatic carbocycles. The molecule has 5 rings (SSSR count). The number of nitrogens with zero attached hydrogens (tertiary/aromatic N) is 4. The molecule has 34 heavy (non-hydrogen) atoms. The van der Waals surface area contributed by atoms with Crippen LogP contribution < -0.4 is 10.2 Å². The highest BCUT2D eigenvalue weighted by Crippen LogP contribution is 2.35. The van der Waals surface area contributed by atoms with E-state index in [0.29, 0.717) is 40.4 Å². The van der Waals surface area contributed by atoms with Crippen molar-refractivity contribution in [3.63, 3.8) is 0 Å². The molecule has 1 atom stereocenters. The van der Waals surface area contributed by atoms with Crippen LogP contribution in [0.2, 0.25) is 0 Å². The van der Waals surface area contributed by atoms with E-state index in [-0.39, 0.29) is 42.1 Å². The van der Waals surface area contributed by atoms with Crippen LogP contribution in [0.3, 0.4) is 0 Å². The Balaban J connectivity index is 1.40. The molecule has 1 amide bonds. The van der Waals surface area contributed by atoms with Crippen LogP contribution in [0.1, 0.15) is 37.9 Å². The van der Waals surface area contributed by atoms with Gasteiger partial charge in [0.15, 0.2) is 9.84 Å². The first kappa shape index (κ1) is 22.7. The molecule has 180 valence electrons. The van der Waals surface area contributed by atoms with Crippen molar-refractivity contribution >= 4 is 32.7 Å². The third kappa shape index (κ3) is 4.89. The molecule has 0 aliphatic carbocycles. The second-order valence-corrected chi connectivity index (χ2v) is 11.1. The van der Waals surface area contributed by atoms with Gasteiger partial charge in [-0.15, -0.1) is 0 Å².